The molecule has 0 saturated heterocycles. The van der Waals surface area contributed by atoms with Crippen molar-refractivity contribution in [3.63, 3.8) is 0 Å². The van der Waals surface area contributed by atoms with Crippen molar-refractivity contribution >= 4 is 12.6 Å². The zero-order valence-electron chi connectivity index (χ0n) is 8.34. The van der Waals surface area contributed by atoms with E-state index >= 15 is 0 Å². The molecule has 3 nitrogen and oxygen atoms in total. The normalized spacial score (nSPS) is 10.3. The molecule has 0 atom stereocenters. The van der Waals surface area contributed by atoms with Crippen molar-refractivity contribution in [2.45, 2.75) is 6.92 Å². The third kappa shape index (κ3) is 2.11. The lowest BCUT2D eigenvalue weighted by atomic mass is 9.79. The predicted octanol–water partition coefficient (Wildman–Crippen LogP) is 0.935. The molecular weight excluding hydrogens is 191 g/mol. The van der Waals surface area contributed by atoms with Crippen LogP contribution in [0.25, 0.3) is 11.1 Å². The zero-order chi connectivity index (χ0) is 10.8. The van der Waals surface area contributed by atoms with Gasteiger partial charge in [-0.1, -0.05) is 24.3 Å². The van der Waals surface area contributed by atoms with Gasteiger partial charge in [-0.25, -0.2) is 0 Å². The summed E-state index contributed by atoms with van der Waals surface area (Å²) in [5.74, 6) is 0.833. The van der Waals surface area contributed by atoms with Crippen LogP contribution in [0.1, 0.15) is 5.76 Å². The summed E-state index contributed by atoms with van der Waals surface area (Å²) in [7, 11) is -1.43. The molecule has 1 aromatic heterocycles. The molecule has 0 aliphatic heterocycles. The van der Waals surface area contributed by atoms with E-state index in [-0.39, 0.29) is 0 Å². The van der Waals surface area contributed by atoms with Crippen molar-refractivity contribution < 1.29 is 14.5 Å². The van der Waals surface area contributed by atoms with E-state index in [2.05, 4.69) is 0 Å². The Balaban J connectivity index is 2.41. The first-order valence-corrected chi connectivity index (χ1v) is 4.68. The highest BCUT2D eigenvalue weighted by molar-refractivity contribution is 6.58. The van der Waals surface area contributed by atoms with Crippen LogP contribution in [0.3, 0.4) is 0 Å². The van der Waals surface area contributed by atoms with Crippen molar-refractivity contribution in [3.05, 3.63) is 42.4 Å². The molecule has 15 heavy (non-hydrogen) atoms. The van der Waals surface area contributed by atoms with Crippen LogP contribution >= 0.6 is 0 Å². The highest BCUT2D eigenvalue weighted by Crippen LogP contribution is 2.20. The molecule has 2 rings (SSSR count). The lowest BCUT2D eigenvalue weighted by Crippen LogP contribution is -2.29. The van der Waals surface area contributed by atoms with Crippen molar-refractivity contribution in [2.24, 2.45) is 0 Å². The molecule has 2 aromatic rings. The van der Waals surface area contributed by atoms with Crippen LogP contribution in [0.2, 0.25) is 0 Å². The van der Waals surface area contributed by atoms with Gasteiger partial charge in [-0.05, 0) is 24.0 Å². The van der Waals surface area contributed by atoms with Crippen LogP contribution in [0, 0.1) is 6.92 Å². The fraction of sp³-hybridized carbons (Fsp3) is 0.0909. The summed E-state index contributed by atoms with van der Waals surface area (Å²) in [6, 6.07) is 8.99. The second kappa shape index (κ2) is 3.92. The average Bonchev–Trinajstić information content (AvgIpc) is 2.65. The van der Waals surface area contributed by atoms with E-state index in [1.807, 2.05) is 19.1 Å². The minimum Gasteiger partial charge on any atom is -0.469 e. The van der Waals surface area contributed by atoms with Crippen molar-refractivity contribution in [1.82, 2.24) is 0 Å². The Hall–Kier alpha value is -1.52. The first-order valence-electron chi connectivity index (χ1n) is 4.68. The third-order valence-corrected chi connectivity index (χ3v) is 2.25. The average molecular weight is 202 g/mol. The summed E-state index contributed by atoms with van der Waals surface area (Å²) >= 11 is 0. The topological polar surface area (TPSA) is 53.6 Å². The molecule has 0 amide bonds. The van der Waals surface area contributed by atoms with Crippen LogP contribution in [-0.2, 0) is 0 Å². The van der Waals surface area contributed by atoms with Gasteiger partial charge >= 0.3 is 7.12 Å². The Labute approximate surface area is 88.1 Å². The summed E-state index contributed by atoms with van der Waals surface area (Å²) in [5, 5.41) is 18.1. The van der Waals surface area contributed by atoms with E-state index in [1.165, 1.54) is 0 Å². The minimum absolute atomic E-state index is 0.478. The van der Waals surface area contributed by atoms with Crippen LogP contribution in [0.5, 0.6) is 0 Å². The van der Waals surface area contributed by atoms with Gasteiger partial charge < -0.3 is 14.5 Å². The molecule has 0 saturated carbocycles. The van der Waals surface area contributed by atoms with Gasteiger partial charge in [0.1, 0.15) is 5.76 Å². The maximum atomic E-state index is 9.03. The molecule has 4 heteroatoms. The van der Waals surface area contributed by atoms with Gasteiger partial charge in [0.15, 0.2) is 0 Å². The summed E-state index contributed by atoms with van der Waals surface area (Å²) < 4.78 is 5.19. The van der Waals surface area contributed by atoms with E-state index in [1.54, 1.807) is 24.5 Å². The van der Waals surface area contributed by atoms with Crippen LogP contribution < -0.4 is 5.46 Å². The Morgan fingerprint density at radius 1 is 1.13 bits per heavy atom. The molecule has 0 spiro atoms. The molecule has 1 aromatic carbocycles. The summed E-state index contributed by atoms with van der Waals surface area (Å²) in [6.07, 6.45) is 1.65. The standard InChI is InChI=1S/C11H11BO3/c1-8-5-10(7-15-8)9-3-2-4-11(6-9)12(13)14/h2-7,13-14H,1H3. The molecule has 76 valence electrons. The number of hydrogen-bond donors (Lipinski definition) is 2. The van der Waals surface area contributed by atoms with Crippen LogP contribution in [0.15, 0.2) is 41.0 Å². The van der Waals surface area contributed by atoms with E-state index in [4.69, 9.17) is 14.5 Å². The van der Waals surface area contributed by atoms with E-state index in [9.17, 15) is 0 Å². The molecule has 0 bridgehead atoms. The monoisotopic (exact) mass is 202 g/mol. The Bertz CT molecular complexity index is 462. The van der Waals surface area contributed by atoms with Gasteiger partial charge in [0.25, 0.3) is 0 Å². The number of aryl methyl sites for hydroxylation is 1. The van der Waals surface area contributed by atoms with Gasteiger partial charge in [-0.15, -0.1) is 0 Å². The molecule has 2 N–H and O–H groups in total. The quantitative estimate of drug-likeness (QED) is 0.712. The maximum Gasteiger partial charge on any atom is 0.488 e. The predicted molar refractivity (Wildman–Crippen MR) is 58.7 cm³/mol. The smallest absolute Gasteiger partial charge is 0.469 e. The largest absolute Gasteiger partial charge is 0.488 e. The SMILES string of the molecule is Cc1cc(-c2cccc(B(O)O)c2)co1. The molecule has 0 fully saturated rings. The van der Waals surface area contributed by atoms with Crippen molar-refractivity contribution in [2.75, 3.05) is 0 Å². The maximum absolute atomic E-state index is 9.03. The fourth-order valence-electron chi connectivity index (χ4n) is 1.47. The molecule has 0 aliphatic rings. The van der Waals surface area contributed by atoms with E-state index in [0.29, 0.717) is 5.46 Å². The van der Waals surface area contributed by atoms with Crippen LogP contribution in [-0.4, -0.2) is 17.2 Å². The zero-order valence-corrected chi connectivity index (χ0v) is 8.34. The van der Waals surface area contributed by atoms with Crippen molar-refractivity contribution in [3.8, 4) is 11.1 Å². The molecule has 1 heterocycles. The highest BCUT2D eigenvalue weighted by atomic mass is 16.4. The van der Waals surface area contributed by atoms with Gasteiger partial charge in [0.2, 0.25) is 0 Å². The molecular formula is C11H11BO3. The first kappa shape index (κ1) is 10.0. The van der Waals surface area contributed by atoms with Gasteiger partial charge in [-0.3, -0.25) is 0 Å². The minimum atomic E-state index is -1.43. The second-order valence-corrected chi connectivity index (χ2v) is 3.45. The van der Waals surface area contributed by atoms with Crippen molar-refractivity contribution in [1.29, 1.82) is 0 Å². The van der Waals surface area contributed by atoms with E-state index in [0.717, 1.165) is 16.9 Å². The number of hydrogen-bond acceptors (Lipinski definition) is 3. The number of furan rings is 1. The highest BCUT2D eigenvalue weighted by Gasteiger charge is 2.11. The van der Waals surface area contributed by atoms with Gasteiger partial charge in [-0.2, -0.15) is 0 Å². The molecule has 0 aliphatic carbocycles. The van der Waals surface area contributed by atoms with Gasteiger partial charge in [0, 0.05) is 5.56 Å². The van der Waals surface area contributed by atoms with Crippen LogP contribution in [0.4, 0.5) is 0 Å². The lowest BCUT2D eigenvalue weighted by Gasteiger charge is -2.01. The summed E-state index contributed by atoms with van der Waals surface area (Å²) in [4.78, 5) is 0. The first-order chi connectivity index (χ1) is 7.16. The number of benzene rings is 1. The fourth-order valence-corrected chi connectivity index (χ4v) is 1.47. The second-order valence-electron chi connectivity index (χ2n) is 3.45. The Kier molecular flexibility index (Phi) is 2.62. The Morgan fingerprint density at radius 3 is 2.53 bits per heavy atom. The van der Waals surface area contributed by atoms with Gasteiger partial charge in [0.05, 0.1) is 6.26 Å². The Morgan fingerprint density at radius 2 is 1.93 bits per heavy atom. The summed E-state index contributed by atoms with van der Waals surface area (Å²) in [6.45, 7) is 1.87. The molecule has 0 unspecified atom stereocenters. The number of rotatable bonds is 2. The third-order valence-electron chi connectivity index (χ3n) is 2.25. The van der Waals surface area contributed by atoms with E-state index < -0.39 is 7.12 Å². The molecule has 0 radical (unpaired) electrons. The lowest BCUT2D eigenvalue weighted by molar-refractivity contribution is 0.426. The summed E-state index contributed by atoms with van der Waals surface area (Å²) in [5.41, 5.74) is 2.33.